The van der Waals surface area contributed by atoms with Gasteiger partial charge < -0.3 is 28.7 Å². The highest BCUT2D eigenvalue weighted by Gasteiger charge is 2.35. The Kier molecular flexibility index (Phi) is 8.13. The van der Waals surface area contributed by atoms with Crippen molar-refractivity contribution in [2.75, 3.05) is 60.7 Å². The Morgan fingerprint density at radius 3 is 1.59 bits per heavy atom. The number of carbonyl (C=O) groups excluding carboxylic acids is 2. The van der Waals surface area contributed by atoms with E-state index in [9.17, 15) is 9.59 Å². The summed E-state index contributed by atoms with van der Waals surface area (Å²) in [4.78, 5) is 41.3. The van der Waals surface area contributed by atoms with Gasteiger partial charge in [0.25, 0.3) is 11.8 Å². The SMILES string of the molecule is C=C1C[C@H]2C=Nc3cc(OCCN(C)CCOc4cc5c(cc4OC)C(=O)N4CC(=C)C[C@H]4C=N5)c(OC)cc3C(=O)N2C1. The van der Waals surface area contributed by atoms with Crippen LogP contribution in [0.1, 0.15) is 33.6 Å². The molecule has 0 N–H and O–H groups in total. The van der Waals surface area contributed by atoms with Crippen LogP contribution in [0.4, 0.5) is 11.4 Å². The van der Waals surface area contributed by atoms with E-state index in [-0.39, 0.29) is 23.9 Å². The zero-order valence-corrected chi connectivity index (χ0v) is 25.4. The minimum Gasteiger partial charge on any atom is -0.493 e. The lowest BCUT2D eigenvalue weighted by molar-refractivity contribution is 0.0769. The Labute approximate surface area is 257 Å². The van der Waals surface area contributed by atoms with Crippen LogP contribution in [0.3, 0.4) is 0 Å². The maximum absolute atomic E-state index is 13.2. The maximum atomic E-state index is 13.2. The number of benzene rings is 2. The van der Waals surface area contributed by atoms with Gasteiger partial charge in [0.2, 0.25) is 0 Å². The van der Waals surface area contributed by atoms with E-state index in [1.807, 2.05) is 19.5 Å². The number of nitrogens with zero attached hydrogens (tertiary/aromatic N) is 5. The summed E-state index contributed by atoms with van der Waals surface area (Å²) in [7, 11) is 5.09. The molecule has 0 spiro atoms. The first-order chi connectivity index (χ1) is 21.2. The Bertz CT molecular complexity index is 1470. The summed E-state index contributed by atoms with van der Waals surface area (Å²) in [6.07, 6.45) is 5.08. The maximum Gasteiger partial charge on any atom is 0.257 e. The van der Waals surface area contributed by atoms with E-state index in [1.165, 1.54) is 0 Å². The third kappa shape index (κ3) is 5.67. The fourth-order valence-corrected chi connectivity index (χ4v) is 5.94. The van der Waals surface area contributed by atoms with Gasteiger partial charge in [0.05, 0.1) is 48.8 Å². The Hall–Kier alpha value is -4.64. The average molecular weight is 600 g/mol. The highest BCUT2D eigenvalue weighted by Crippen LogP contribution is 2.40. The molecule has 0 saturated carbocycles. The molecule has 2 atom stereocenters. The molecule has 11 heteroatoms. The minimum absolute atomic E-state index is 0.0757. The van der Waals surface area contributed by atoms with Crippen LogP contribution in [-0.2, 0) is 0 Å². The molecule has 2 fully saturated rings. The van der Waals surface area contributed by atoms with Gasteiger partial charge in [-0.05, 0) is 32.0 Å². The summed E-state index contributed by atoms with van der Waals surface area (Å²) < 4.78 is 23.3. The van der Waals surface area contributed by atoms with Crippen molar-refractivity contribution < 1.29 is 28.5 Å². The minimum atomic E-state index is -0.0816. The van der Waals surface area contributed by atoms with Crippen LogP contribution in [0, 0.1) is 0 Å². The molecule has 0 radical (unpaired) electrons. The van der Waals surface area contributed by atoms with Crippen LogP contribution in [0.5, 0.6) is 23.0 Å². The van der Waals surface area contributed by atoms with Crippen LogP contribution in [0.25, 0.3) is 0 Å². The number of methoxy groups -OCH3 is 2. The number of hydrogen-bond acceptors (Lipinski definition) is 9. The first-order valence-electron chi connectivity index (χ1n) is 14.7. The second-order valence-electron chi connectivity index (χ2n) is 11.5. The molecule has 0 unspecified atom stereocenters. The highest BCUT2D eigenvalue weighted by atomic mass is 16.5. The Morgan fingerprint density at radius 2 is 1.18 bits per heavy atom. The third-order valence-electron chi connectivity index (χ3n) is 8.36. The van der Waals surface area contributed by atoms with Crippen molar-refractivity contribution in [3.05, 3.63) is 59.7 Å². The molecule has 4 heterocycles. The predicted octanol–water partition coefficient (Wildman–Crippen LogP) is 4.07. The summed E-state index contributed by atoms with van der Waals surface area (Å²) in [5.74, 6) is 1.86. The molecule has 44 heavy (non-hydrogen) atoms. The lowest BCUT2D eigenvalue weighted by atomic mass is 10.1. The smallest absolute Gasteiger partial charge is 0.257 e. The van der Waals surface area contributed by atoms with Crippen molar-refractivity contribution in [3.63, 3.8) is 0 Å². The number of fused-ring (bicyclic) bond motifs is 4. The van der Waals surface area contributed by atoms with Crippen molar-refractivity contribution in [2.45, 2.75) is 24.9 Å². The second kappa shape index (κ2) is 12.2. The molecule has 4 aliphatic rings. The van der Waals surface area contributed by atoms with Gasteiger partial charge in [-0.1, -0.05) is 24.3 Å². The van der Waals surface area contributed by atoms with Crippen molar-refractivity contribution in [2.24, 2.45) is 9.98 Å². The number of rotatable bonds is 10. The van der Waals surface area contributed by atoms with Gasteiger partial charge in [-0.15, -0.1) is 0 Å². The van der Waals surface area contributed by atoms with Gasteiger partial charge >= 0.3 is 0 Å². The van der Waals surface area contributed by atoms with E-state index in [0.29, 0.717) is 84.9 Å². The lowest BCUT2D eigenvalue weighted by Gasteiger charge is -2.21. The summed E-state index contributed by atoms with van der Waals surface area (Å²) in [6, 6.07) is 6.79. The Morgan fingerprint density at radius 1 is 0.750 bits per heavy atom. The number of likely N-dealkylation sites (N-methyl/N-ethyl adjacent to an activating group) is 1. The molecule has 2 saturated heterocycles. The number of aliphatic imine (C=N–C) groups is 2. The zero-order valence-electron chi connectivity index (χ0n) is 25.4. The van der Waals surface area contributed by atoms with E-state index in [1.54, 1.807) is 48.3 Å². The normalized spacial score (nSPS) is 20.3. The monoisotopic (exact) mass is 599 g/mol. The van der Waals surface area contributed by atoms with E-state index in [0.717, 1.165) is 24.0 Å². The molecule has 4 aliphatic heterocycles. The fourth-order valence-electron chi connectivity index (χ4n) is 5.94. The van der Waals surface area contributed by atoms with Gasteiger partial charge in [-0.25, -0.2) is 0 Å². The first-order valence-corrected chi connectivity index (χ1v) is 14.7. The topological polar surface area (TPSA) is 106 Å². The molecular weight excluding hydrogens is 562 g/mol. The molecule has 0 aliphatic carbocycles. The molecule has 11 nitrogen and oxygen atoms in total. The van der Waals surface area contributed by atoms with Gasteiger partial charge in [0, 0.05) is 50.7 Å². The summed E-state index contributed by atoms with van der Waals surface area (Å²) in [5.41, 5.74) is 4.17. The van der Waals surface area contributed by atoms with Crippen molar-refractivity contribution >= 4 is 35.6 Å². The second-order valence-corrected chi connectivity index (χ2v) is 11.5. The molecule has 0 aromatic heterocycles. The van der Waals surface area contributed by atoms with E-state index < -0.39 is 0 Å². The average Bonchev–Trinajstić information content (AvgIpc) is 3.52. The van der Waals surface area contributed by atoms with Crippen LogP contribution >= 0.6 is 0 Å². The molecular formula is C33H37N5O6. The lowest BCUT2D eigenvalue weighted by Crippen LogP contribution is -2.35. The number of carbonyl (C=O) groups is 2. The Balaban J connectivity index is 1.05. The van der Waals surface area contributed by atoms with Crippen LogP contribution < -0.4 is 18.9 Å². The van der Waals surface area contributed by atoms with Crippen LogP contribution in [0.15, 0.2) is 58.6 Å². The van der Waals surface area contributed by atoms with Crippen molar-refractivity contribution in [1.29, 1.82) is 0 Å². The molecule has 6 rings (SSSR count). The molecule has 2 amide bonds. The van der Waals surface area contributed by atoms with Gasteiger partial charge in [-0.3, -0.25) is 24.5 Å². The molecule has 230 valence electrons. The van der Waals surface area contributed by atoms with Crippen LogP contribution in [0.2, 0.25) is 0 Å². The zero-order chi connectivity index (χ0) is 31.0. The fraction of sp³-hybridized carbons (Fsp3) is 0.394. The molecule has 0 bridgehead atoms. The predicted molar refractivity (Wildman–Crippen MR) is 168 cm³/mol. The van der Waals surface area contributed by atoms with Gasteiger partial charge in [-0.2, -0.15) is 0 Å². The van der Waals surface area contributed by atoms with E-state index in [4.69, 9.17) is 18.9 Å². The summed E-state index contributed by atoms with van der Waals surface area (Å²) >= 11 is 0. The van der Waals surface area contributed by atoms with Crippen molar-refractivity contribution in [3.8, 4) is 23.0 Å². The number of ether oxygens (including phenoxy) is 4. The summed E-state index contributed by atoms with van der Waals surface area (Å²) in [5, 5.41) is 0. The quantitative estimate of drug-likeness (QED) is 0.379. The largest absolute Gasteiger partial charge is 0.493 e. The van der Waals surface area contributed by atoms with Gasteiger partial charge in [0.1, 0.15) is 13.2 Å². The van der Waals surface area contributed by atoms with Crippen LogP contribution in [-0.4, -0.2) is 112 Å². The number of hydrogen-bond donors (Lipinski definition) is 0. The van der Waals surface area contributed by atoms with Crippen molar-refractivity contribution in [1.82, 2.24) is 14.7 Å². The third-order valence-corrected chi connectivity index (χ3v) is 8.36. The van der Waals surface area contributed by atoms with E-state index in [2.05, 4.69) is 28.0 Å². The molecule has 2 aromatic carbocycles. The van der Waals surface area contributed by atoms with Gasteiger partial charge in [0.15, 0.2) is 23.0 Å². The number of amides is 2. The standard InChI is InChI=1S/C33H37N5O6/c1-20-10-22-16-34-26-14-30(28(41-4)12-24(26)32(39)37(22)18-20)43-8-6-36(3)7-9-44-31-15-27-25(13-29(31)42-5)33(40)38-19-21(2)11-23(38)17-35-27/h12-17,22-23H,1-2,6-11,18-19H2,3-5H3/t22-,23-/m0/s1. The molecule has 2 aromatic rings. The first kappa shape index (κ1) is 29.4. The highest BCUT2D eigenvalue weighted by molar-refractivity contribution is 6.04. The summed E-state index contributed by atoms with van der Waals surface area (Å²) in [6.45, 7) is 11.1. The van der Waals surface area contributed by atoms with E-state index >= 15 is 0 Å².